The van der Waals surface area contributed by atoms with Crippen molar-refractivity contribution < 1.29 is 0 Å². The van der Waals surface area contributed by atoms with Gasteiger partial charge in [0.15, 0.2) is 0 Å². The van der Waals surface area contributed by atoms with Crippen LogP contribution in [0.5, 0.6) is 0 Å². The van der Waals surface area contributed by atoms with Crippen molar-refractivity contribution in [3.63, 3.8) is 0 Å². The molecule has 2 unspecified atom stereocenters. The van der Waals surface area contributed by atoms with Gasteiger partial charge in [0.25, 0.3) is 4.41 Å². The second kappa shape index (κ2) is 1.17. The third-order valence-electron chi connectivity index (χ3n) is 0.775. The second-order valence-electron chi connectivity index (χ2n) is 1.16. The molecule has 0 nitrogen and oxygen atoms in total. The van der Waals surface area contributed by atoms with E-state index in [1.165, 1.54) is 0 Å². The Morgan fingerprint density at radius 1 is 1.83 bits per heavy atom. The van der Waals surface area contributed by atoms with Crippen molar-refractivity contribution in [3.8, 4) is 0 Å². The average molecular weight is 247 g/mol. The Morgan fingerprint density at radius 3 is 2.33 bits per heavy atom. The van der Waals surface area contributed by atoms with Crippen molar-refractivity contribution in [1.29, 1.82) is 0 Å². The summed E-state index contributed by atoms with van der Waals surface area (Å²) in [7, 11) is 4.25. The minimum Gasteiger partial charge on any atom is -0.141 e. The van der Waals surface area contributed by atoms with E-state index in [9.17, 15) is 0 Å². The van der Waals surface area contributed by atoms with E-state index in [1.807, 2.05) is 0 Å². The van der Waals surface area contributed by atoms with Crippen LogP contribution in [0.2, 0.25) is 0 Å². The lowest BCUT2D eigenvalue weighted by Gasteiger charge is -1.70. The van der Waals surface area contributed by atoms with Crippen molar-refractivity contribution in [2.75, 3.05) is 0 Å². The topological polar surface area (TPSA) is 0 Å². The summed E-state index contributed by atoms with van der Waals surface area (Å²) in [4.78, 5) is 0. The summed E-state index contributed by atoms with van der Waals surface area (Å²) in [5.74, 6) is 0. The van der Waals surface area contributed by atoms with E-state index in [0.29, 0.717) is 0 Å². The molecule has 0 spiro atoms. The normalized spacial score (nSPS) is 58.5. The van der Waals surface area contributed by atoms with Crippen molar-refractivity contribution in [2.24, 2.45) is 0 Å². The number of rotatable bonds is 0. The summed E-state index contributed by atoms with van der Waals surface area (Å²) in [5.41, 5.74) is 0. The molecule has 0 saturated carbocycles. The van der Waals surface area contributed by atoms with Crippen LogP contribution in [0.3, 0.4) is 0 Å². The molecule has 0 aromatic heterocycles. The highest BCUT2D eigenvalue weighted by Crippen LogP contribution is 2.90. The lowest BCUT2D eigenvalue weighted by atomic mass is 10.8. The largest absolute Gasteiger partial charge is 0.286 e. The summed E-state index contributed by atoms with van der Waals surface area (Å²) < 4.78 is 3.42. The van der Waals surface area contributed by atoms with E-state index < -0.39 is 0 Å². The van der Waals surface area contributed by atoms with Gasteiger partial charge in [0, 0.05) is 0 Å². The molecule has 0 N–H and O–H groups in total. The Labute approximate surface area is 58.3 Å². The van der Waals surface area contributed by atoms with Crippen molar-refractivity contribution in [3.05, 3.63) is 0 Å². The van der Waals surface area contributed by atoms with Gasteiger partial charge in [-0.05, 0) is 0 Å². The molecule has 0 aromatic carbocycles. The number of halogens is 1. The van der Waals surface area contributed by atoms with E-state index in [0.717, 1.165) is 3.91 Å². The van der Waals surface area contributed by atoms with Crippen LogP contribution in [-0.4, -0.2) is 8.33 Å². The van der Waals surface area contributed by atoms with Gasteiger partial charge in [-0.15, -0.1) is 39.7 Å². The second-order valence-corrected chi connectivity index (χ2v) is 11.8. The molecule has 2 aliphatic heterocycles. The van der Waals surface area contributed by atoms with E-state index in [2.05, 4.69) is 47.7 Å². The maximum atomic E-state index is 2.37. The van der Waals surface area contributed by atoms with Gasteiger partial charge < -0.3 is 0 Å². The molecule has 0 aliphatic carbocycles. The lowest BCUT2D eigenvalue weighted by molar-refractivity contribution is 2.25. The lowest BCUT2D eigenvalue weighted by Crippen LogP contribution is -1.52. The summed E-state index contributed by atoms with van der Waals surface area (Å²) in [6, 6.07) is 0. The molecule has 0 bridgehead atoms. The molecular formula is CHBIS3. The maximum absolute atomic E-state index is 2.37. The van der Waals surface area contributed by atoms with Crippen molar-refractivity contribution in [1.82, 2.24) is 0 Å². The predicted octanol–water partition coefficient (Wildman–Crippen LogP) is 2.37. The molecule has 1 saturated heterocycles. The Bertz CT molecular complexity index is 195. The fourth-order valence-corrected chi connectivity index (χ4v) is 12.4. The first-order chi connectivity index (χ1) is 2.87. The van der Waals surface area contributed by atoms with Crippen LogP contribution in [0, 0.1) is 0 Å². The molecular weight excluding hydrogens is 246 g/mol. The zero-order valence-corrected chi connectivity index (χ0v) is 7.36. The highest BCUT2D eigenvalue weighted by atomic mass is 127. The average Bonchev–Trinajstić information content (AvgIpc) is 2.12. The third-order valence-corrected chi connectivity index (χ3v) is 15.5. The molecule has 2 aliphatic rings. The Balaban J connectivity index is 2.35. The first-order valence-corrected chi connectivity index (χ1v) is 7.29. The Morgan fingerprint density at radius 2 is 2.33 bits per heavy atom. The van der Waals surface area contributed by atoms with Crippen LogP contribution < -0.4 is 0 Å². The monoisotopic (exact) mass is 247 g/mol. The van der Waals surface area contributed by atoms with Crippen molar-refractivity contribution in [2.45, 2.75) is 3.91 Å². The highest BCUT2D eigenvalue weighted by Gasteiger charge is 2.51. The molecule has 2 rings (SSSR count). The Kier molecular flexibility index (Phi) is 0.890. The molecule has 2 atom stereocenters. The van der Waals surface area contributed by atoms with Gasteiger partial charge in [-0.2, -0.15) is 0 Å². The number of fused-ring (bicyclic) bond motifs is 1. The van der Waals surface area contributed by atoms with Crippen molar-refractivity contribution >= 4 is 54.9 Å². The quantitative estimate of drug-likeness (QED) is 0.274. The SMILES string of the molecule is I[B]S12#SC1S2. The maximum Gasteiger partial charge on any atom is 0.286 e. The summed E-state index contributed by atoms with van der Waals surface area (Å²) in [6.07, 6.45) is 0. The number of hydrogen-bond donors (Lipinski definition) is 0. The highest BCUT2D eigenvalue weighted by molar-refractivity contribution is 14.1. The van der Waals surface area contributed by atoms with Crippen LogP contribution in [-0.2, 0) is 0 Å². The van der Waals surface area contributed by atoms with Gasteiger partial charge in [-0.1, -0.05) is 10.8 Å². The van der Waals surface area contributed by atoms with Gasteiger partial charge in [0.1, 0.15) is 3.91 Å². The van der Waals surface area contributed by atoms with E-state index in [-0.39, 0.29) is 7.25 Å². The molecule has 0 aromatic rings. The molecule has 5 heteroatoms. The minimum atomic E-state index is -0.0504. The zero-order valence-electron chi connectivity index (χ0n) is 2.76. The number of hydrogen-bond acceptors (Lipinski definition) is 1. The summed E-state index contributed by atoms with van der Waals surface area (Å²) >= 11 is 2.37. The van der Waals surface area contributed by atoms with Gasteiger partial charge in [0.2, 0.25) is 0 Å². The van der Waals surface area contributed by atoms with Gasteiger partial charge >= 0.3 is 0 Å². The molecule has 0 amide bonds. The molecule has 1 fully saturated rings. The molecule has 2 heterocycles. The van der Waals surface area contributed by atoms with E-state index in [1.54, 1.807) is 0 Å². The van der Waals surface area contributed by atoms with Gasteiger partial charge in [-0.3, -0.25) is 0 Å². The standard InChI is InChI=1S/CHBIS3/c3-2-6-1(4-6)5-6/h1H. The van der Waals surface area contributed by atoms with E-state index >= 15 is 0 Å². The first kappa shape index (κ1) is 4.58. The van der Waals surface area contributed by atoms with Crippen LogP contribution >= 0.6 is 50.5 Å². The first-order valence-electron chi connectivity index (χ1n) is 1.49. The molecule has 1 radical (unpaired) electrons. The predicted molar refractivity (Wildman–Crippen MR) is 46.3 cm³/mol. The van der Waals surface area contributed by atoms with Crippen LogP contribution in [0.4, 0.5) is 0 Å². The molecule has 6 heavy (non-hydrogen) atoms. The van der Waals surface area contributed by atoms with Crippen LogP contribution in [0.15, 0.2) is 0 Å². The molecule has 33 valence electrons. The van der Waals surface area contributed by atoms with Gasteiger partial charge in [-0.25, -0.2) is 0 Å². The fourth-order valence-electron chi connectivity index (χ4n) is 0.291. The van der Waals surface area contributed by atoms with Crippen LogP contribution in [0.1, 0.15) is 0 Å². The van der Waals surface area contributed by atoms with E-state index in [4.69, 9.17) is 0 Å². The zero-order chi connectivity index (χ0) is 4.20. The summed E-state index contributed by atoms with van der Waals surface area (Å²) in [5, 5.41) is 0. The summed E-state index contributed by atoms with van der Waals surface area (Å²) in [6.45, 7) is 0. The van der Waals surface area contributed by atoms with Gasteiger partial charge in [0.05, 0.1) is 0 Å². The van der Waals surface area contributed by atoms with Crippen LogP contribution in [0.25, 0.3) is 0 Å². The third kappa shape index (κ3) is 0.455. The Hall–Kier alpha value is 1.71. The minimum absolute atomic E-state index is 0.0504. The smallest absolute Gasteiger partial charge is 0.141 e. The fraction of sp³-hybridized carbons (Fsp3) is 1.00.